The molecule has 1 heterocycles. The van der Waals surface area contributed by atoms with Crippen LogP contribution in [0.15, 0.2) is 41.1 Å². The zero-order valence-corrected chi connectivity index (χ0v) is 12.8. The van der Waals surface area contributed by atoms with Crippen molar-refractivity contribution in [3.05, 3.63) is 52.4 Å². The second-order valence-electron chi connectivity index (χ2n) is 4.24. The fraction of sp³-hybridized carbons (Fsp3) is 0.214. The van der Waals surface area contributed by atoms with E-state index in [1.54, 1.807) is 6.20 Å². The van der Waals surface area contributed by atoms with Crippen molar-refractivity contribution in [2.75, 3.05) is 19.1 Å². The van der Waals surface area contributed by atoms with Gasteiger partial charge in [-0.2, -0.15) is 0 Å². The van der Waals surface area contributed by atoms with Gasteiger partial charge >= 0.3 is 5.97 Å². The maximum Gasteiger partial charge on any atom is 0.358 e. The number of ether oxygens (including phenoxy) is 1. The second kappa shape index (κ2) is 6.47. The molecule has 0 atom stereocenters. The molecular formula is C14H14BrN3O2. The van der Waals surface area contributed by atoms with Crippen molar-refractivity contribution in [2.45, 2.75) is 6.54 Å². The largest absolute Gasteiger partial charge is 0.464 e. The van der Waals surface area contributed by atoms with Crippen LogP contribution in [0.25, 0.3) is 0 Å². The highest BCUT2D eigenvalue weighted by Crippen LogP contribution is 2.15. The number of carbonyl (C=O) groups excluding carboxylic acids is 1. The average molecular weight is 336 g/mol. The average Bonchev–Trinajstić information content (AvgIpc) is 2.46. The third-order valence-electron chi connectivity index (χ3n) is 2.73. The molecule has 0 unspecified atom stereocenters. The molecule has 1 aromatic carbocycles. The first kappa shape index (κ1) is 14.5. The first-order valence-corrected chi connectivity index (χ1v) is 6.75. The molecule has 6 heteroatoms. The first-order chi connectivity index (χ1) is 9.60. The van der Waals surface area contributed by atoms with Crippen LogP contribution in [0.5, 0.6) is 0 Å². The Morgan fingerprint density at radius 1 is 1.35 bits per heavy atom. The number of halogens is 1. The van der Waals surface area contributed by atoms with Gasteiger partial charge in [-0.1, -0.05) is 28.1 Å². The molecule has 0 spiro atoms. The van der Waals surface area contributed by atoms with E-state index < -0.39 is 5.97 Å². The van der Waals surface area contributed by atoms with E-state index in [-0.39, 0.29) is 5.69 Å². The summed E-state index contributed by atoms with van der Waals surface area (Å²) in [5, 5.41) is 0. The van der Waals surface area contributed by atoms with E-state index in [4.69, 9.17) is 0 Å². The molecule has 0 aliphatic carbocycles. The molecule has 0 aliphatic rings. The Balaban J connectivity index is 2.09. The summed E-state index contributed by atoms with van der Waals surface area (Å²) in [6.07, 6.45) is 2.98. The maximum absolute atomic E-state index is 11.3. The van der Waals surface area contributed by atoms with Crippen molar-refractivity contribution >= 4 is 27.7 Å². The van der Waals surface area contributed by atoms with E-state index in [2.05, 4.69) is 30.6 Å². The minimum atomic E-state index is -0.487. The molecule has 2 rings (SSSR count). The van der Waals surface area contributed by atoms with Gasteiger partial charge in [0.25, 0.3) is 0 Å². The molecule has 0 aliphatic heterocycles. The summed E-state index contributed by atoms with van der Waals surface area (Å²) in [5.74, 6) is 0.205. The van der Waals surface area contributed by atoms with E-state index in [9.17, 15) is 4.79 Å². The third kappa shape index (κ3) is 3.54. The number of rotatable bonds is 4. The van der Waals surface area contributed by atoms with Gasteiger partial charge in [0.05, 0.1) is 19.5 Å². The van der Waals surface area contributed by atoms with Gasteiger partial charge < -0.3 is 9.64 Å². The number of hydrogen-bond acceptors (Lipinski definition) is 5. The number of esters is 1. The predicted molar refractivity (Wildman–Crippen MR) is 79.6 cm³/mol. The van der Waals surface area contributed by atoms with Crippen LogP contribution in [0.1, 0.15) is 16.1 Å². The van der Waals surface area contributed by atoms with Gasteiger partial charge in [-0.05, 0) is 17.7 Å². The third-order valence-corrected chi connectivity index (χ3v) is 3.23. The van der Waals surface area contributed by atoms with Gasteiger partial charge in [0.1, 0.15) is 5.82 Å². The highest BCUT2D eigenvalue weighted by molar-refractivity contribution is 9.10. The summed E-state index contributed by atoms with van der Waals surface area (Å²) in [4.78, 5) is 21.5. The molecule has 1 aromatic heterocycles. The van der Waals surface area contributed by atoms with Gasteiger partial charge in [0.2, 0.25) is 0 Å². The summed E-state index contributed by atoms with van der Waals surface area (Å²) in [6.45, 7) is 0.700. The molecule has 2 aromatic rings. The van der Waals surface area contributed by atoms with Crippen molar-refractivity contribution in [1.29, 1.82) is 0 Å². The number of nitrogens with zero attached hydrogens (tertiary/aromatic N) is 3. The van der Waals surface area contributed by atoms with Gasteiger partial charge in [-0.15, -0.1) is 0 Å². The fourth-order valence-electron chi connectivity index (χ4n) is 1.72. The highest BCUT2D eigenvalue weighted by atomic mass is 79.9. The van der Waals surface area contributed by atoms with Crippen molar-refractivity contribution in [2.24, 2.45) is 0 Å². The monoisotopic (exact) mass is 335 g/mol. The highest BCUT2D eigenvalue weighted by Gasteiger charge is 2.09. The zero-order chi connectivity index (χ0) is 14.5. The summed E-state index contributed by atoms with van der Waals surface area (Å²) in [7, 11) is 3.24. The Kier molecular flexibility index (Phi) is 4.68. The van der Waals surface area contributed by atoms with Crippen molar-refractivity contribution in [1.82, 2.24) is 9.97 Å². The molecule has 0 radical (unpaired) electrons. The smallest absolute Gasteiger partial charge is 0.358 e. The zero-order valence-electron chi connectivity index (χ0n) is 11.2. The normalized spacial score (nSPS) is 10.2. The van der Waals surface area contributed by atoms with Gasteiger partial charge in [0, 0.05) is 18.1 Å². The maximum atomic E-state index is 11.3. The number of benzene rings is 1. The summed E-state index contributed by atoms with van der Waals surface area (Å²) in [6, 6.07) is 8.05. The Labute approximate surface area is 125 Å². The van der Waals surface area contributed by atoms with E-state index >= 15 is 0 Å². The van der Waals surface area contributed by atoms with Crippen LogP contribution in [-0.4, -0.2) is 30.1 Å². The molecule has 0 fully saturated rings. The standard InChI is InChI=1S/C14H14BrN3O2/c1-18(9-10-4-3-5-11(15)6-10)13-8-16-12(7-17-13)14(19)20-2/h3-8H,9H2,1-2H3. The fourth-order valence-corrected chi connectivity index (χ4v) is 2.17. The van der Waals surface area contributed by atoms with Crippen LogP contribution >= 0.6 is 15.9 Å². The van der Waals surface area contributed by atoms with Crippen LogP contribution in [0, 0.1) is 0 Å². The minimum absolute atomic E-state index is 0.201. The van der Waals surface area contributed by atoms with E-state index in [0.29, 0.717) is 12.4 Å². The Morgan fingerprint density at radius 3 is 2.75 bits per heavy atom. The number of methoxy groups -OCH3 is 1. The Bertz CT molecular complexity index is 602. The molecule has 0 saturated heterocycles. The predicted octanol–water partition coefficient (Wildman–Crippen LogP) is 2.66. The number of aromatic nitrogens is 2. The van der Waals surface area contributed by atoms with Crippen molar-refractivity contribution in [3.63, 3.8) is 0 Å². The van der Waals surface area contributed by atoms with Crippen LogP contribution in [0.2, 0.25) is 0 Å². The minimum Gasteiger partial charge on any atom is -0.464 e. The summed E-state index contributed by atoms with van der Waals surface area (Å²) >= 11 is 3.44. The number of hydrogen-bond donors (Lipinski definition) is 0. The lowest BCUT2D eigenvalue weighted by atomic mass is 10.2. The topological polar surface area (TPSA) is 55.3 Å². The molecule has 104 valence electrons. The van der Waals surface area contributed by atoms with E-state index in [1.165, 1.54) is 13.3 Å². The van der Waals surface area contributed by atoms with Crippen molar-refractivity contribution in [3.8, 4) is 0 Å². The SMILES string of the molecule is COC(=O)c1cnc(N(C)Cc2cccc(Br)c2)cn1. The molecule has 0 N–H and O–H groups in total. The molecule has 20 heavy (non-hydrogen) atoms. The lowest BCUT2D eigenvalue weighted by Crippen LogP contribution is -2.18. The quantitative estimate of drug-likeness (QED) is 0.804. The lowest BCUT2D eigenvalue weighted by Gasteiger charge is -2.18. The van der Waals surface area contributed by atoms with Crippen LogP contribution in [-0.2, 0) is 11.3 Å². The van der Waals surface area contributed by atoms with Crippen LogP contribution < -0.4 is 4.90 Å². The van der Waals surface area contributed by atoms with Crippen LogP contribution in [0.3, 0.4) is 0 Å². The van der Waals surface area contributed by atoms with E-state index in [1.807, 2.05) is 36.2 Å². The molecule has 5 nitrogen and oxygen atoms in total. The summed E-state index contributed by atoms with van der Waals surface area (Å²) < 4.78 is 5.62. The molecule has 0 amide bonds. The van der Waals surface area contributed by atoms with Gasteiger partial charge in [0.15, 0.2) is 5.69 Å². The number of anilines is 1. The first-order valence-electron chi connectivity index (χ1n) is 5.96. The lowest BCUT2D eigenvalue weighted by molar-refractivity contribution is 0.0593. The second-order valence-corrected chi connectivity index (χ2v) is 5.15. The van der Waals surface area contributed by atoms with E-state index in [0.717, 1.165) is 10.0 Å². The van der Waals surface area contributed by atoms with Crippen molar-refractivity contribution < 1.29 is 9.53 Å². The molecule has 0 bridgehead atoms. The van der Waals surface area contributed by atoms with Gasteiger partial charge in [-0.25, -0.2) is 14.8 Å². The Morgan fingerprint density at radius 2 is 2.15 bits per heavy atom. The van der Waals surface area contributed by atoms with Crippen LogP contribution in [0.4, 0.5) is 5.82 Å². The molecule has 0 saturated carbocycles. The summed E-state index contributed by atoms with van der Waals surface area (Å²) in [5.41, 5.74) is 1.35. The Hall–Kier alpha value is -1.95. The number of carbonyl (C=O) groups is 1. The van der Waals surface area contributed by atoms with Gasteiger partial charge in [-0.3, -0.25) is 0 Å². The molecular weight excluding hydrogens is 322 g/mol.